The Morgan fingerprint density at radius 1 is 1.39 bits per heavy atom. The fraction of sp³-hybridized carbons (Fsp3) is 0.846. The van der Waals surface area contributed by atoms with Gasteiger partial charge in [-0.1, -0.05) is 12.1 Å². The second kappa shape index (κ2) is 5.36. The van der Waals surface area contributed by atoms with Gasteiger partial charge in [-0.05, 0) is 39.5 Å². The Morgan fingerprint density at radius 2 is 2.06 bits per heavy atom. The maximum atomic E-state index is 5.91. The zero-order valence-electron chi connectivity index (χ0n) is 11.5. The molecule has 2 atom stereocenters. The van der Waals surface area contributed by atoms with Gasteiger partial charge in [0.15, 0.2) is 0 Å². The average molecular weight is 253 g/mol. The number of nitrogens with zero attached hydrogens (tertiary/aromatic N) is 2. The summed E-state index contributed by atoms with van der Waals surface area (Å²) < 4.78 is 11.3. The van der Waals surface area contributed by atoms with Crippen molar-refractivity contribution >= 4 is 0 Å². The molecule has 0 aromatic carbocycles. The summed E-state index contributed by atoms with van der Waals surface area (Å²) in [6.07, 6.45) is 4.28. The van der Waals surface area contributed by atoms with E-state index in [0.29, 0.717) is 18.3 Å². The Morgan fingerprint density at radius 3 is 2.61 bits per heavy atom. The van der Waals surface area contributed by atoms with Crippen LogP contribution in [0.3, 0.4) is 0 Å². The maximum Gasteiger partial charge on any atom is 0.231 e. The minimum Gasteiger partial charge on any atom is -0.367 e. The first-order chi connectivity index (χ1) is 8.59. The third kappa shape index (κ3) is 2.42. The van der Waals surface area contributed by atoms with Crippen LogP contribution in [0.15, 0.2) is 4.52 Å². The first-order valence-corrected chi connectivity index (χ1v) is 6.82. The first-order valence-electron chi connectivity index (χ1n) is 6.82. The molecule has 18 heavy (non-hydrogen) atoms. The van der Waals surface area contributed by atoms with E-state index in [1.165, 1.54) is 0 Å². The number of hydrogen-bond acceptors (Lipinski definition) is 5. The number of rotatable bonds is 5. The van der Waals surface area contributed by atoms with Gasteiger partial charge in [0.1, 0.15) is 5.60 Å². The van der Waals surface area contributed by atoms with Gasteiger partial charge in [0, 0.05) is 12.6 Å². The molecule has 0 bridgehead atoms. The van der Waals surface area contributed by atoms with E-state index < -0.39 is 0 Å². The van der Waals surface area contributed by atoms with E-state index in [1.807, 2.05) is 20.8 Å². The van der Waals surface area contributed by atoms with Crippen LogP contribution in [-0.4, -0.2) is 22.8 Å². The molecule has 0 radical (unpaired) electrons. The second-order valence-corrected chi connectivity index (χ2v) is 5.24. The predicted octanol–water partition coefficient (Wildman–Crippen LogP) is 2.33. The summed E-state index contributed by atoms with van der Waals surface area (Å²) in [5, 5.41) is 4.13. The molecule has 1 aliphatic carbocycles. The molecular weight excluding hydrogens is 230 g/mol. The van der Waals surface area contributed by atoms with E-state index in [4.69, 9.17) is 15.0 Å². The van der Waals surface area contributed by atoms with Gasteiger partial charge < -0.3 is 15.0 Å². The molecule has 0 spiro atoms. The van der Waals surface area contributed by atoms with Crippen molar-refractivity contribution in [3.05, 3.63) is 11.7 Å². The molecule has 5 heteroatoms. The molecule has 1 aliphatic rings. The van der Waals surface area contributed by atoms with Crippen LogP contribution in [0.4, 0.5) is 0 Å². The monoisotopic (exact) mass is 253 g/mol. The normalized spacial score (nSPS) is 22.0. The highest BCUT2D eigenvalue weighted by atomic mass is 16.5. The van der Waals surface area contributed by atoms with E-state index in [9.17, 15) is 0 Å². The van der Waals surface area contributed by atoms with Crippen molar-refractivity contribution in [2.24, 2.45) is 5.73 Å². The summed E-state index contributed by atoms with van der Waals surface area (Å²) in [6, 6.07) is 0.00456. The molecule has 2 N–H and O–H groups in total. The quantitative estimate of drug-likeness (QED) is 0.871. The minimum atomic E-state index is -0.325. The van der Waals surface area contributed by atoms with Crippen LogP contribution in [0.1, 0.15) is 64.1 Å². The Kier molecular flexibility index (Phi) is 4.02. The molecule has 0 aliphatic heterocycles. The summed E-state index contributed by atoms with van der Waals surface area (Å²) in [7, 11) is 0. The Balaban J connectivity index is 2.22. The fourth-order valence-corrected chi connectivity index (χ4v) is 2.49. The lowest BCUT2D eigenvalue weighted by molar-refractivity contribution is -0.0469. The van der Waals surface area contributed by atoms with Crippen LogP contribution < -0.4 is 5.73 Å². The van der Waals surface area contributed by atoms with Gasteiger partial charge in [0.05, 0.1) is 5.92 Å². The fourth-order valence-electron chi connectivity index (χ4n) is 2.49. The van der Waals surface area contributed by atoms with Crippen molar-refractivity contribution in [2.75, 3.05) is 6.61 Å². The first kappa shape index (κ1) is 13.5. The SMILES string of the molecule is CCOC1(c2noc(C(C)C(C)N)n2)CCCC1. The lowest BCUT2D eigenvalue weighted by Crippen LogP contribution is -2.28. The number of aromatic nitrogens is 2. The largest absolute Gasteiger partial charge is 0.367 e. The minimum absolute atomic E-state index is 0.00456. The molecule has 1 heterocycles. The predicted molar refractivity (Wildman–Crippen MR) is 68.1 cm³/mol. The van der Waals surface area contributed by atoms with Crippen LogP contribution >= 0.6 is 0 Å². The lowest BCUT2D eigenvalue weighted by Gasteiger charge is -2.24. The lowest BCUT2D eigenvalue weighted by atomic mass is 10.0. The molecule has 0 saturated heterocycles. The van der Waals surface area contributed by atoms with Gasteiger partial charge >= 0.3 is 0 Å². The third-order valence-corrected chi connectivity index (χ3v) is 3.86. The van der Waals surface area contributed by atoms with E-state index in [0.717, 1.165) is 25.7 Å². The van der Waals surface area contributed by atoms with E-state index in [1.54, 1.807) is 0 Å². The van der Waals surface area contributed by atoms with Crippen LogP contribution in [0, 0.1) is 0 Å². The number of nitrogens with two attached hydrogens (primary N) is 1. The molecule has 2 rings (SSSR count). The highest BCUT2D eigenvalue weighted by molar-refractivity contribution is 5.06. The van der Waals surface area contributed by atoms with Gasteiger partial charge in [-0.2, -0.15) is 4.98 Å². The summed E-state index contributed by atoms with van der Waals surface area (Å²) >= 11 is 0. The summed E-state index contributed by atoms with van der Waals surface area (Å²) in [5.74, 6) is 1.39. The molecule has 102 valence electrons. The topological polar surface area (TPSA) is 74.2 Å². The van der Waals surface area contributed by atoms with Gasteiger partial charge in [-0.3, -0.25) is 0 Å². The molecular formula is C13H23N3O2. The van der Waals surface area contributed by atoms with Gasteiger partial charge in [0.25, 0.3) is 0 Å². The maximum absolute atomic E-state index is 5.91. The second-order valence-electron chi connectivity index (χ2n) is 5.24. The summed E-state index contributed by atoms with van der Waals surface area (Å²) in [4.78, 5) is 4.52. The molecule has 0 amide bonds. The number of hydrogen-bond donors (Lipinski definition) is 1. The van der Waals surface area contributed by atoms with Crippen molar-refractivity contribution in [1.29, 1.82) is 0 Å². The van der Waals surface area contributed by atoms with Crippen LogP contribution in [0.25, 0.3) is 0 Å². The molecule has 5 nitrogen and oxygen atoms in total. The van der Waals surface area contributed by atoms with E-state index in [-0.39, 0.29) is 17.6 Å². The van der Waals surface area contributed by atoms with Crippen molar-refractivity contribution in [2.45, 2.75) is 64.0 Å². The Bertz CT molecular complexity index is 383. The van der Waals surface area contributed by atoms with Crippen molar-refractivity contribution < 1.29 is 9.26 Å². The van der Waals surface area contributed by atoms with Crippen LogP contribution in [0.5, 0.6) is 0 Å². The van der Waals surface area contributed by atoms with Gasteiger partial charge in [-0.15, -0.1) is 0 Å². The van der Waals surface area contributed by atoms with E-state index >= 15 is 0 Å². The van der Waals surface area contributed by atoms with Crippen molar-refractivity contribution in [3.8, 4) is 0 Å². The highest BCUT2D eigenvalue weighted by Crippen LogP contribution is 2.41. The Labute approximate surface area is 108 Å². The smallest absolute Gasteiger partial charge is 0.231 e. The summed E-state index contributed by atoms with van der Waals surface area (Å²) in [5.41, 5.74) is 5.54. The zero-order valence-corrected chi connectivity index (χ0v) is 11.5. The molecule has 1 aromatic heterocycles. The standard InChI is InChI=1S/C13H23N3O2/c1-4-17-13(7-5-6-8-13)12-15-11(18-16-12)9(2)10(3)14/h9-10H,4-8,14H2,1-3H3. The molecule has 1 saturated carbocycles. The summed E-state index contributed by atoms with van der Waals surface area (Å²) in [6.45, 7) is 6.63. The highest BCUT2D eigenvalue weighted by Gasteiger charge is 2.41. The van der Waals surface area contributed by atoms with Gasteiger partial charge in [0.2, 0.25) is 11.7 Å². The zero-order chi connectivity index (χ0) is 13.2. The van der Waals surface area contributed by atoms with Gasteiger partial charge in [-0.25, -0.2) is 0 Å². The molecule has 1 aromatic rings. The Hall–Kier alpha value is -0.940. The third-order valence-electron chi connectivity index (χ3n) is 3.86. The van der Waals surface area contributed by atoms with E-state index in [2.05, 4.69) is 10.1 Å². The average Bonchev–Trinajstić information content (AvgIpc) is 2.96. The molecule has 1 fully saturated rings. The molecule has 2 unspecified atom stereocenters. The van der Waals surface area contributed by atoms with Crippen molar-refractivity contribution in [3.63, 3.8) is 0 Å². The number of ether oxygens (including phenoxy) is 1. The van der Waals surface area contributed by atoms with Crippen LogP contribution in [0.2, 0.25) is 0 Å². The van der Waals surface area contributed by atoms with Crippen LogP contribution in [-0.2, 0) is 10.3 Å². The van der Waals surface area contributed by atoms with Crippen molar-refractivity contribution in [1.82, 2.24) is 10.1 Å².